The van der Waals surface area contributed by atoms with Gasteiger partial charge in [-0.1, -0.05) is 43.2 Å². The van der Waals surface area contributed by atoms with Crippen LogP contribution in [0.25, 0.3) is 0 Å². The zero-order valence-electron chi connectivity index (χ0n) is 14.4. The van der Waals surface area contributed by atoms with E-state index in [1.165, 1.54) is 49.8 Å². The van der Waals surface area contributed by atoms with Crippen molar-refractivity contribution in [1.82, 2.24) is 10.2 Å². The van der Waals surface area contributed by atoms with Gasteiger partial charge in [0.2, 0.25) is 5.91 Å². The van der Waals surface area contributed by atoms with Crippen molar-refractivity contribution in [2.75, 3.05) is 25.4 Å². The van der Waals surface area contributed by atoms with E-state index in [1.54, 1.807) is 0 Å². The molecule has 1 N–H and O–H groups in total. The summed E-state index contributed by atoms with van der Waals surface area (Å²) in [7, 11) is 0. The fourth-order valence-electron chi connectivity index (χ4n) is 4.39. The summed E-state index contributed by atoms with van der Waals surface area (Å²) in [6.45, 7) is 2.46. The average Bonchev–Trinajstić information content (AvgIpc) is 3.42. The lowest BCUT2D eigenvalue weighted by Crippen LogP contribution is -2.52. The Morgan fingerprint density at radius 1 is 1.21 bits per heavy atom. The predicted molar refractivity (Wildman–Crippen MR) is 100 cm³/mol. The highest BCUT2D eigenvalue weighted by Crippen LogP contribution is 2.47. The first kappa shape index (κ1) is 16.5. The van der Waals surface area contributed by atoms with Gasteiger partial charge in [-0.05, 0) is 31.2 Å². The lowest BCUT2D eigenvalue weighted by molar-refractivity contribution is -0.123. The van der Waals surface area contributed by atoms with Crippen LogP contribution < -0.4 is 5.32 Å². The molecule has 1 aliphatic heterocycles. The number of amides is 1. The molecular formula is C20H28N2OS. The Hall–Kier alpha value is -1.00. The van der Waals surface area contributed by atoms with Crippen LogP contribution in [0.2, 0.25) is 0 Å². The molecule has 0 spiro atoms. The fraction of sp³-hybridized carbons (Fsp3) is 0.650. The number of carbonyl (C=O) groups is 1. The minimum Gasteiger partial charge on any atom is -0.354 e. The third-order valence-electron chi connectivity index (χ3n) is 6.06. The standard InChI is InChI=1S/C20H28N2OS/c23-19(14-22-12-13-24-18-9-5-4-8-17(18)22)21-15-20(10-11-20)16-6-2-1-3-7-16/h1-3,6-7,17-18H,4-5,8-15H2,(H,21,23). The minimum atomic E-state index is 0.210. The second-order valence-electron chi connectivity index (χ2n) is 7.65. The predicted octanol–water partition coefficient (Wildman–Crippen LogP) is 3.19. The van der Waals surface area contributed by atoms with Crippen LogP contribution in [0.1, 0.15) is 44.1 Å². The number of carbonyl (C=O) groups excluding carboxylic acids is 1. The molecule has 0 bridgehead atoms. The first-order valence-electron chi connectivity index (χ1n) is 9.45. The monoisotopic (exact) mass is 344 g/mol. The normalized spacial score (nSPS) is 28.8. The number of hydrogen-bond donors (Lipinski definition) is 1. The molecule has 2 aliphatic carbocycles. The topological polar surface area (TPSA) is 32.3 Å². The van der Waals surface area contributed by atoms with Crippen molar-refractivity contribution in [2.24, 2.45) is 0 Å². The van der Waals surface area contributed by atoms with Crippen molar-refractivity contribution in [3.05, 3.63) is 35.9 Å². The number of thioether (sulfide) groups is 1. The van der Waals surface area contributed by atoms with Gasteiger partial charge in [0, 0.05) is 35.5 Å². The summed E-state index contributed by atoms with van der Waals surface area (Å²) in [5.74, 6) is 1.40. The third kappa shape index (κ3) is 3.50. The molecule has 3 aliphatic rings. The van der Waals surface area contributed by atoms with Crippen molar-refractivity contribution in [3.8, 4) is 0 Å². The number of rotatable bonds is 5. The quantitative estimate of drug-likeness (QED) is 0.890. The van der Waals surface area contributed by atoms with Gasteiger partial charge in [0.25, 0.3) is 0 Å². The van der Waals surface area contributed by atoms with E-state index in [2.05, 4.69) is 52.3 Å². The molecule has 2 unspecified atom stereocenters. The van der Waals surface area contributed by atoms with Crippen LogP contribution >= 0.6 is 11.8 Å². The maximum Gasteiger partial charge on any atom is 0.234 e. The van der Waals surface area contributed by atoms with Crippen molar-refractivity contribution < 1.29 is 4.79 Å². The van der Waals surface area contributed by atoms with Crippen LogP contribution in [0.4, 0.5) is 0 Å². The van der Waals surface area contributed by atoms with Gasteiger partial charge in [-0.25, -0.2) is 0 Å². The van der Waals surface area contributed by atoms with Gasteiger partial charge in [-0.2, -0.15) is 11.8 Å². The Labute approximate surface area is 149 Å². The molecule has 1 amide bonds. The number of nitrogens with zero attached hydrogens (tertiary/aromatic N) is 1. The Morgan fingerprint density at radius 2 is 2.00 bits per heavy atom. The molecule has 0 radical (unpaired) electrons. The molecule has 3 fully saturated rings. The summed E-state index contributed by atoms with van der Waals surface area (Å²) in [6.07, 6.45) is 7.71. The number of nitrogens with one attached hydrogen (secondary N) is 1. The van der Waals surface area contributed by atoms with Gasteiger partial charge in [0.15, 0.2) is 0 Å². The van der Waals surface area contributed by atoms with Crippen LogP contribution in [-0.4, -0.2) is 47.5 Å². The molecule has 24 heavy (non-hydrogen) atoms. The van der Waals surface area contributed by atoms with Crippen LogP contribution in [0.5, 0.6) is 0 Å². The van der Waals surface area contributed by atoms with E-state index < -0.39 is 0 Å². The summed E-state index contributed by atoms with van der Waals surface area (Å²) in [5.41, 5.74) is 1.59. The van der Waals surface area contributed by atoms with E-state index in [1.807, 2.05) is 0 Å². The summed E-state index contributed by atoms with van der Waals surface area (Å²) >= 11 is 2.13. The molecule has 130 valence electrons. The van der Waals surface area contributed by atoms with E-state index in [0.29, 0.717) is 12.6 Å². The SMILES string of the molecule is O=C(CN1CCSC2CCCCC21)NCC1(c2ccccc2)CC1. The highest BCUT2D eigenvalue weighted by Gasteiger charge is 2.44. The van der Waals surface area contributed by atoms with Crippen LogP contribution in [0.3, 0.4) is 0 Å². The van der Waals surface area contributed by atoms with Gasteiger partial charge in [-0.3, -0.25) is 9.69 Å². The molecule has 4 heteroatoms. The Kier molecular flexibility index (Phi) is 4.86. The maximum absolute atomic E-state index is 12.5. The lowest BCUT2D eigenvalue weighted by atomic mass is 9.93. The minimum absolute atomic E-state index is 0.210. The van der Waals surface area contributed by atoms with E-state index in [9.17, 15) is 4.79 Å². The highest BCUT2D eigenvalue weighted by atomic mass is 32.2. The molecule has 1 heterocycles. The first-order valence-corrected chi connectivity index (χ1v) is 10.5. The Morgan fingerprint density at radius 3 is 2.79 bits per heavy atom. The smallest absolute Gasteiger partial charge is 0.234 e. The fourth-order valence-corrected chi connectivity index (χ4v) is 5.90. The van der Waals surface area contributed by atoms with E-state index >= 15 is 0 Å². The van der Waals surface area contributed by atoms with Gasteiger partial charge in [-0.15, -0.1) is 0 Å². The Bertz CT molecular complexity index is 570. The van der Waals surface area contributed by atoms with E-state index in [4.69, 9.17) is 0 Å². The molecule has 1 saturated heterocycles. The highest BCUT2D eigenvalue weighted by molar-refractivity contribution is 8.00. The van der Waals surface area contributed by atoms with Crippen molar-refractivity contribution in [3.63, 3.8) is 0 Å². The van der Waals surface area contributed by atoms with Gasteiger partial charge in [0.05, 0.1) is 6.54 Å². The molecule has 1 aromatic rings. The van der Waals surface area contributed by atoms with Crippen molar-refractivity contribution in [1.29, 1.82) is 0 Å². The number of benzene rings is 1. The summed E-state index contributed by atoms with van der Waals surface area (Å²) < 4.78 is 0. The lowest BCUT2D eigenvalue weighted by Gasteiger charge is -2.43. The zero-order chi connectivity index (χ0) is 16.4. The molecule has 2 atom stereocenters. The maximum atomic E-state index is 12.5. The molecular weight excluding hydrogens is 316 g/mol. The average molecular weight is 345 g/mol. The molecule has 0 aromatic heterocycles. The molecule has 1 aromatic carbocycles. The summed E-state index contributed by atoms with van der Waals surface area (Å²) in [6, 6.07) is 11.3. The summed E-state index contributed by atoms with van der Waals surface area (Å²) in [4.78, 5) is 15.0. The van der Waals surface area contributed by atoms with Crippen molar-refractivity contribution in [2.45, 2.75) is 55.2 Å². The molecule has 4 rings (SSSR count). The number of fused-ring (bicyclic) bond motifs is 1. The van der Waals surface area contributed by atoms with Crippen LogP contribution in [0, 0.1) is 0 Å². The van der Waals surface area contributed by atoms with E-state index in [0.717, 1.165) is 18.3 Å². The largest absolute Gasteiger partial charge is 0.354 e. The zero-order valence-corrected chi connectivity index (χ0v) is 15.2. The third-order valence-corrected chi connectivity index (χ3v) is 7.45. The second-order valence-corrected chi connectivity index (χ2v) is 9.00. The van der Waals surface area contributed by atoms with Crippen LogP contribution in [0.15, 0.2) is 30.3 Å². The van der Waals surface area contributed by atoms with Crippen LogP contribution in [-0.2, 0) is 10.2 Å². The molecule has 3 nitrogen and oxygen atoms in total. The van der Waals surface area contributed by atoms with Crippen molar-refractivity contribution >= 4 is 17.7 Å². The van der Waals surface area contributed by atoms with Gasteiger partial charge >= 0.3 is 0 Å². The number of hydrogen-bond acceptors (Lipinski definition) is 3. The van der Waals surface area contributed by atoms with Gasteiger partial charge < -0.3 is 5.32 Å². The first-order chi connectivity index (χ1) is 11.8. The second kappa shape index (κ2) is 7.09. The Balaban J connectivity index is 1.31. The van der Waals surface area contributed by atoms with E-state index in [-0.39, 0.29) is 11.3 Å². The molecule has 2 saturated carbocycles. The van der Waals surface area contributed by atoms with Gasteiger partial charge in [0.1, 0.15) is 0 Å². The summed E-state index contributed by atoms with van der Waals surface area (Å²) in [5, 5.41) is 4.00.